The van der Waals surface area contributed by atoms with E-state index >= 15 is 0 Å². The van der Waals surface area contributed by atoms with E-state index < -0.39 is 5.60 Å². The van der Waals surface area contributed by atoms with Gasteiger partial charge in [0.15, 0.2) is 5.60 Å². The zero-order chi connectivity index (χ0) is 15.3. The summed E-state index contributed by atoms with van der Waals surface area (Å²) < 4.78 is 7.39. The van der Waals surface area contributed by atoms with Gasteiger partial charge < -0.3 is 10.1 Å². The van der Waals surface area contributed by atoms with Gasteiger partial charge in [-0.15, -0.1) is 11.7 Å². The molecule has 1 aromatic carbocycles. The minimum atomic E-state index is -1.00. The van der Waals surface area contributed by atoms with Gasteiger partial charge in [-0.3, -0.25) is 4.79 Å². The number of para-hydroxylation sites is 1. The van der Waals surface area contributed by atoms with E-state index in [0.29, 0.717) is 12.4 Å². The van der Waals surface area contributed by atoms with Crippen molar-refractivity contribution in [3.8, 4) is 11.6 Å². The van der Waals surface area contributed by atoms with Crippen molar-refractivity contribution < 1.29 is 9.53 Å². The van der Waals surface area contributed by atoms with Gasteiger partial charge in [-0.1, -0.05) is 24.3 Å². The summed E-state index contributed by atoms with van der Waals surface area (Å²) in [5.74, 6) is 0.189. The van der Waals surface area contributed by atoms with Gasteiger partial charge in [0.05, 0.1) is 5.69 Å². The van der Waals surface area contributed by atoms with E-state index in [1.807, 2.05) is 30.3 Å². The summed E-state index contributed by atoms with van der Waals surface area (Å²) in [6.07, 6.45) is 3.42. The molecule has 0 fully saturated rings. The summed E-state index contributed by atoms with van der Waals surface area (Å²) in [6, 6.07) is 11.4. The monoisotopic (exact) mass is 285 g/mol. The number of carbonyl (C=O) groups excluding carboxylic acids is 1. The van der Waals surface area contributed by atoms with Gasteiger partial charge in [0.1, 0.15) is 0 Å². The summed E-state index contributed by atoms with van der Waals surface area (Å²) >= 11 is 0. The van der Waals surface area contributed by atoms with E-state index in [1.165, 1.54) is 0 Å². The molecule has 5 heteroatoms. The van der Waals surface area contributed by atoms with Crippen molar-refractivity contribution in [1.29, 1.82) is 0 Å². The smallest absolute Gasteiger partial charge is 0.263 e. The maximum atomic E-state index is 12.0. The van der Waals surface area contributed by atoms with Crippen LogP contribution < -0.4 is 10.1 Å². The zero-order valence-corrected chi connectivity index (χ0v) is 12.2. The van der Waals surface area contributed by atoms with Gasteiger partial charge >= 0.3 is 0 Å². The maximum absolute atomic E-state index is 12.0. The Kier molecular flexibility index (Phi) is 4.42. The number of hydrogen-bond donors (Lipinski definition) is 1. The van der Waals surface area contributed by atoms with E-state index in [0.717, 1.165) is 5.69 Å². The molecule has 0 bridgehead atoms. The van der Waals surface area contributed by atoms with Crippen molar-refractivity contribution in [2.75, 3.05) is 6.54 Å². The first kappa shape index (κ1) is 14.8. The normalized spacial score (nSPS) is 11.0. The Morgan fingerprint density at radius 1 is 1.38 bits per heavy atom. The van der Waals surface area contributed by atoms with Gasteiger partial charge in [-0.25, -0.2) is 4.68 Å². The Balaban J connectivity index is 2.08. The number of ether oxygens (including phenoxy) is 1. The molecule has 110 valence electrons. The van der Waals surface area contributed by atoms with E-state index in [-0.39, 0.29) is 5.91 Å². The lowest BCUT2D eigenvalue weighted by atomic mass is 10.1. The molecule has 1 aromatic heterocycles. The summed E-state index contributed by atoms with van der Waals surface area (Å²) in [4.78, 5) is 12.0. The van der Waals surface area contributed by atoms with E-state index in [2.05, 4.69) is 17.0 Å². The molecule has 0 unspecified atom stereocenters. The average molecular weight is 285 g/mol. The Labute approximate surface area is 124 Å². The lowest BCUT2D eigenvalue weighted by Gasteiger charge is -2.23. The molecule has 0 aliphatic heterocycles. The van der Waals surface area contributed by atoms with E-state index in [4.69, 9.17) is 4.74 Å². The Morgan fingerprint density at radius 2 is 2.10 bits per heavy atom. The van der Waals surface area contributed by atoms with Crippen LogP contribution in [0.25, 0.3) is 5.69 Å². The fourth-order valence-electron chi connectivity index (χ4n) is 1.77. The van der Waals surface area contributed by atoms with Crippen molar-refractivity contribution in [2.24, 2.45) is 0 Å². The molecular formula is C16H19N3O2. The van der Waals surface area contributed by atoms with Crippen LogP contribution in [-0.4, -0.2) is 27.8 Å². The second-order valence-electron chi connectivity index (χ2n) is 5.05. The molecule has 2 rings (SSSR count). The topological polar surface area (TPSA) is 56.1 Å². The molecule has 1 heterocycles. The molecule has 0 radical (unpaired) electrons. The number of benzene rings is 1. The predicted octanol–water partition coefficient (Wildman–Crippen LogP) is 2.33. The van der Waals surface area contributed by atoms with Crippen molar-refractivity contribution in [2.45, 2.75) is 19.4 Å². The summed E-state index contributed by atoms with van der Waals surface area (Å²) in [6.45, 7) is 7.37. The standard InChI is InChI=1S/C16H19N3O2/c1-4-11-17-15(20)16(2,3)21-14-10-12-19(18-14)13-8-6-5-7-9-13/h4-10,12H,1,11H2,2-3H3,(H,17,20). The molecule has 0 aliphatic carbocycles. The fraction of sp³-hybridized carbons (Fsp3) is 0.250. The van der Waals surface area contributed by atoms with E-state index in [1.54, 1.807) is 36.9 Å². The number of amides is 1. The minimum absolute atomic E-state index is 0.211. The van der Waals surface area contributed by atoms with Crippen LogP contribution in [0, 0.1) is 0 Å². The molecule has 1 N–H and O–H groups in total. The minimum Gasteiger partial charge on any atom is -0.460 e. The predicted molar refractivity (Wildman–Crippen MR) is 81.5 cm³/mol. The summed E-state index contributed by atoms with van der Waals surface area (Å²) in [5.41, 5.74) is -0.0694. The highest BCUT2D eigenvalue weighted by atomic mass is 16.5. The van der Waals surface area contributed by atoms with Crippen molar-refractivity contribution in [3.05, 3.63) is 55.3 Å². The Hall–Kier alpha value is -2.56. The van der Waals surface area contributed by atoms with E-state index in [9.17, 15) is 4.79 Å². The van der Waals surface area contributed by atoms with Crippen LogP contribution >= 0.6 is 0 Å². The molecule has 1 amide bonds. The van der Waals surface area contributed by atoms with Crippen LogP contribution in [0.2, 0.25) is 0 Å². The first-order chi connectivity index (χ1) is 10.0. The number of carbonyl (C=O) groups is 1. The lowest BCUT2D eigenvalue weighted by molar-refractivity contribution is -0.134. The number of rotatable bonds is 6. The molecule has 0 atom stereocenters. The Bertz CT molecular complexity index is 617. The van der Waals surface area contributed by atoms with Gasteiger partial charge in [0.2, 0.25) is 5.88 Å². The maximum Gasteiger partial charge on any atom is 0.263 e. The average Bonchev–Trinajstić information content (AvgIpc) is 2.93. The van der Waals surface area contributed by atoms with Crippen LogP contribution in [0.1, 0.15) is 13.8 Å². The third-order valence-corrected chi connectivity index (χ3v) is 2.90. The quantitative estimate of drug-likeness (QED) is 0.829. The van der Waals surface area contributed by atoms with Crippen LogP contribution in [0.4, 0.5) is 0 Å². The lowest BCUT2D eigenvalue weighted by Crippen LogP contribution is -2.46. The first-order valence-electron chi connectivity index (χ1n) is 6.72. The van der Waals surface area contributed by atoms with Crippen molar-refractivity contribution in [3.63, 3.8) is 0 Å². The molecule has 0 spiro atoms. The molecular weight excluding hydrogens is 266 g/mol. The van der Waals surface area contributed by atoms with Gasteiger partial charge in [-0.05, 0) is 26.0 Å². The number of nitrogens with zero attached hydrogens (tertiary/aromatic N) is 2. The fourth-order valence-corrected chi connectivity index (χ4v) is 1.77. The van der Waals surface area contributed by atoms with Gasteiger partial charge in [-0.2, -0.15) is 0 Å². The molecule has 0 saturated carbocycles. The highest BCUT2D eigenvalue weighted by molar-refractivity contribution is 5.84. The third-order valence-electron chi connectivity index (χ3n) is 2.90. The number of aromatic nitrogens is 2. The highest BCUT2D eigenvalue weighted by Crippen LogP contribution is 2.18. The van der Waals surface area contributed by atoms with Crippen molar-refractivity contribution in [1.82, 2.24) is 15.1 Å². The largest absolute Gasteiger partial charge is 0.460 e. The van der Waals surface area contributed by atoms with Crippen LogP contribution in [0.15, 0.2) is 55.3 Å². The van der Waals surface area contributed by atoms with Crippen LogP contribution in [0.5, 0.6) is 5.88 Å². The second-order valence-corrected chi connectivity index (χ2v) is 5.05. The first-order valence-corrected chi connectivity index (χ1v) is 6.72. The molecule has 0 saturated heterocycles. The second kappa shape index (κ2) is 6.26. The SMILES string of the molecule is C=CCNC(=O)C(C)(C)Oc1ccn(-c2ccccc2)n1. The van der Waals surface area contributed by atoms with Gasteiger partial charge in [0.25, 0.3) is 5.91 Å². The summed E-state index contributed by atoms with van der Waals surface area (Å²) in [5, 5.41) is 7.04. The number of hydrogen-bond acceptors (Lipinski definition) is 3. The van der Waals surface area contributed by atoms with Crippen molar-refractivity contribution >= 4 is 5.91 Å². The molecule has 5 nitrogen and oxygen atoms in total. The third kappa shape index (κ3) is 3.72. The summed E-state index contributed by atoms with van der Waals surface area (Å²) in [7, 11) is 0. The zero-order valence-electron chi connectivity index (χ0n) is 12.2. The molecule has 2 aromatic rings. The van der Waals surface area contributed by atoms with Crippen LogP contribution in [-0.2, 0) is 4.79 Å². The Morgan fingerprint density at radius 3 is 2.76 bits per heavy atom. The molecule has 21 heavy (non-hydrogen) atoms. The van der Waals surface area contributed by atoms with Crippen LogP contribution in [0.3, 0.4) is 0 Å². The highest BCUT2D eigenvalue weighted by Gasteiger charge is 2.30. The molecule has 0 aliphatic rings. The van der Waals surface area contributed by atoms with Gasteiger partial charge in [0, 0.05) is 18.8 Å². The number of nitrogens with one attached hydrogen (secondary N) is 1.